The highest BCUT2D eigenvalue weighted by Crippen LogP contribution is 2.19. The predicted molar refractivity (Wildman–Crippen MR) is 181 cm³/mol. The molecule has 0 spiro atoms. The highest BCUT2D eigenvalue weighted by molar-refractivity contribution is 9.10. The van der Waals surface area contributed by atoms with Crippen molar-refractivity contribution in [2.75, 3.05) is 0 Å². The van der Waals surface area contributed by atoms with Gasteiger partial charge in [-0.3, -0.25) is 0 Å². The lowest BCUT2D eigenvalue weighted by molar-refractivity contribution is 0.0496. The molecule has 2 heterocycles. The highest BCUT2D eigenvalue weighted by Gasteiger charge is 2.19. The number of rotatable bonds is 5. The molecule has 11 heteroatoms. The lowest BCUT2D eigenvalue weighted by atomic mass is 10.1. The third kappa shape index (κ3) is 14.5. The smallest absolute Gasteiger partial charge is 0.408 e. The summed E-state index contributed by atoms with van der Waals surface area (Å²) in [6, 6.07) is 15.6. The van der Waals surface area contributed by atoms with Crippen LogP contribution in [0.3, 0.4) is 0 Å². The van der Waals surface area contributed by atoms with Crippen molar-refractivity contribution in [1.29, 1.82) is 0 Å². The van der Waals surface area contributed by atoms with Crippen LogP contribution in [0.15, 0.2) is 77.8 Å². The Kier molecular flexibility index (Phi) is 13.8. The zero-order valence-corrected chi connectivity index (χ0v) is 29.5. The molecule has 10 nitrogen and oxygen atoms in total. The van der Waals surface area contributed by atoms with Crippen molar-refractivity contribution in [3.63, 3.8) is 0 Å². The number of nitrogens with zero attached hydrogens (tertiary/aromatic N) is 3. The van der Waals surface area contributed by atoms with Crippen molar-refractivity contribution in [1.82, 2.24) is 30.2 Å². The maximum atomic E-state index is 11.8. The third-order valence-corrected chi connectivity index (χ3v) is 6.50. The number of aromatic nitrogens is 4. The van der Waals surface area contributed by atoms with Gasteiger partial charge in [-0.2, -0.15) is 0 Å². The van der Waals surface area contributed by atoms with E-state index in [2.05, 4.69) is 41.5 Å². The number of benzene rings is 2. The van der Waals surface area contributed by atoms with E-state index < -0.39 is 23.4 Å². The maximum Gasteiger partial charge on any atom is 0.408 e. The van der Waals surface area contributed by atoms with Crippen LogP contribution in [-0.4, -0.2) is 42.9 Å². The normalized spacial score (nSPS) is 12.3. The van der Waals surface area contributed by atoms with Crippen molar-refractivity contribution >= 4 is 28.1 Å². The average molecular weight is 684 g/mol. The van der Waals surface area contributed by atoms with E-state index >= 15 is 0 Å². The van der Waals surface area contributed by atoms with Crippen LogP contribution in [0.25, 0.3) is 5.69 Å². The van der Waals surface area contributed by atoms with Gasteiger partial charge in [0.25, 0.3) is 0 Å². The number of carbonyl (C=O) groups is 2. The largest absolute Gasteiger partial charge is 0.444 e. The van der Waals surface area contributed by atoms with Crippen LogP contribution in [0.4, 0.5) is 9.59 Å². The summed E-state index contributed by atoms with van der Waals surface area (Å²) < 4.78 is 13.5. The molecule has 4 rings (SSSR count). The Balaban J connectivity index is 0.000000270. The summed E-state index contributed by atoms with van der Waals surface area (Å²) in [5, 5.41) is 5.63. The number of amides is 2. The van der Waals surface area contributed by atoms with Gasteiger partial charge >= 0.3 is 12.2 Å². The van der Waals surface area contributed by atoms with Gasteiger partial charge in [0.1, 0.15) is 22.9 Å². The molecule has 0 saturated carbocycles. The first kappa shape index (κ1) is 37.1. The number of aromatic amines is 1. The Morgan fingerprint density at radius 2 is 1.24 bits per heavy atom. The van der Waals surface area contributed by atoms with E-state index in [1.807, 2.05) is 129 Å². The fourth-order valence-electron chi connectivity index (χ4n) is 3.81. The number of halogens is 1. The molecule has 2 atom stereocenters. The van der Waals surface area contributed by atoms with Gasteiger partial charge in [-0.1, -0.05) is 40.2 Å². The number of alkyl carbamates (subject to hydrolysis) is 2. The van der Waals surface area contributed by atoms with Gasteiger partial charge in [-0.15, -0.1) is 0 Å². The van der Waals surface area contributed by atoms with Gasteiger partial charge in [0.2, 0.25) is 0 Å². The van der Waals surface area contributed by atoms with E-state index in [1.54, 1.807) is 18.6 Å². The molecule has 2 amide bonds. The van der Waals surface area contributed by atoms with Crippen LogP contribution in [0.5, 0.6) is 0 Å². The molecular formula is C34H47BrN6O4. The molecule has 4 aromatic rings. The second-order valence-corrected chi connectivity index (χ2v) is 13.3. The molecule has 45 heavy (non-hydrogen) atoms. The summed E-state index contributed by atoms with van der Waals surface area (Å²) in [5.41, 5.74) is 2.14. The van der Waals surface area contributed by atoms with Crippen LogP contribution in [0.1, 0.15) is 90.2 Å². The summed E-state index contributed by atoms with van der Waals surface area (Å²) in [5.74, 6) is 1.91. The second-order valence-electron chi connectivity index (χ2n) is 12.4. The van der Waals surface area contributed by atoms with Crippen molar-refractivity contribution in [3.8, 4) is 5.69 Å². The third-order valence-electron chi connectivity index (χ3n) is 5.97. The van der Waals surface area contributed by atoms with Gasteiger partial charge < -0.3 is 29.7 Å². The van der Waals surface area contributed by atoms with E-state index in [0.717, 1.165) is 32.9 Å². The minimum absolute atomic E-state index is 0.0713. The molecule has 0 aliphatic rings. The zero-order chi connectivity index (χ0) is 33.8. The van der Waals surface area contributed by atoms with Crippen molar-refractivity contribution < 1.29 is 19.1 Å². The zero-order valence-electron chi connectivity index (χ0n) is 27.9. The minimum atomic E-state index is -0.493. The molecule has 0 saturated heterocycles. The first-order chi connectivity index (χ1) is 20.9. The number of carbonyl (C=O) groups excluding carboxylic acids is 2. The average Bonchev–Trinajstić information content (AvgIpc) is 3.58. The Morgan fingerprint density at radius 3 is 1.58 bits per heavy atom. The standard InChI is InChI=1S/C17H23N3O2.C13H18BrNO2.C4H6N2/c1-12(19-16(21)22-17(3,4)5)14-6-8-15(9-7-14)20-11-10-18-13(20)2;1-9(10-5-7-11(14)8-6-10)15-12(16)17-13(2,3)4;1-4-5-2-3-6-4/h6-12H,1-5H3,(H,19,21);5-9H,1-4H3,(H,15,16);2-3H,1H3,(H,5,6)/t12-;9-;/m00./s1. The SMILES string of the molecule is C[C@H](NC(=O)OC(C)(C)C)c1ccc(Br)cc1.Cc1ncc[nH]1.Cc1nccn1-c1ccc([C@H](C)NC(=O)OC(C)(C)C)cc1. The second kappa shape index (κ2) is 16.8. The fourth-order valence-corrected chi connectivity index (χ4v) is 4.07. The van der Waals surface area contributed by atoms with Crippen LogP contribution < -0.4 is 10.6 Å². The van der Waals surface area contributed by atoms with E-state index in [1.165, 1.54) is 0 Å². The topological polar surface area (TPSA) is 123 Å². The Morgan fingerprint density at radius 1 is 0.778 bits per heavy atom. The Hall–Kier alpha value is -4.12. The molecule has 2 aromatic carbocycles. The van der Waals surface area contributed by atoms with Crippen LogP contribution >= 0.6 is 15.9 Å². The van der Waals surface area contributed by atoms with Crippen molar-refractivity contribution in [2.45, 2.75) is 92.5 Å². The van der Waals surface area contributed by atoms with Gasteiger partial charge in [0.15, 0.2) is 0 Å². The van der Waals surface area contributed by atoms with E-state index in [-0.39, 0.29) is 12.1 Å². The monoisotopic (exact) mass is 682 g/mol. The molecule has 0 aliphatic heterocycles. The molecule has 2 aromatic heterocycles. The van der Waals surface area contributed by atoms with Crippen LogP contribution in [0.2, 0.25) is 0 Å². The predicted octanol–water partition coefficient (Wildman–Crippen LogP) is 8.52. The summed E-state index contributed by atoms with van der Waals surface area (Å²) >= 11 is 3.37. The number of ether oxygens (including phenoxy) is 2. The van der Waals surface area contributed by atoms with E-state index in [9.17, 15) is 9.59 Å². The van der Waals surface area contributed by atoms with Crippen LogP contribution in [0, 0.1) is 13.8 Å². The molecule has 0 aliphatic carbocycles. The number of hydrogen-bond acceptors (Lipinski definition) is 6. The van der Waals surface area contributed by atoms with Gasteiger partial charge in [0, 0.05) is 34.9 Å². The van der Waals surface area contributed by atoms with Crippen molar-refractivity contribution in [2.24, 2.45) is 0 Å². The first-order valence-corrected chi connectivity index (χ1v) is 15.5. The van der Waals surface area contributed by atoms with Gasteiger partial charge in [-0.05, 0) is 105 Å². The molecule has 0 bridgehead atoms. The van der Waals surface area contributed by atoms with Gasteiger partial charge in [-0.25, -0.2) is 19.6 Å². The maximum absolute atomic E-state index is 11.8. The number of hydrogen-bond donors (Lipinski definition) is 3. The quantitative estimate of drug-likeness (QED) is 0.194. The van der Waals surface area contributed by atoms with Crippen molar-refractivity contribution in [3.05, 3.63) is 101 Å². The molecule has 0 radical (unpaired) electrons. The molecule has 0 unspecified atom stereocenters. The molecular weight excluding hydrogens is 636 g/mol. The Bertz CT molecular complexity index is 1450. The number of imidazole rings is 2. The number of nitrogens with one attached hydrogen (secondary N) is 3. The molecule has 3 N–H and O–H groups in total. The lowest BCUT2D eigenvalue weighted by Crippen LogP contribution is -2.34. The Labute approximate surface area is 275 Å². The molecule has 0 fully saturated rings. The fraction of sp³-hybridized carbons (Fsp3) is 0.412. The summed E-state index contributed by atoms with van der Waals surface area (Å²) in [7, 11) is 0. The van der Waals surface area contributed by atoms with Crippen LogP contribution in [-0.2, 0) is 9.47 Å². The number of aryl methyl sites for hydroxylation is 2. The van der Waals surface area contributed by atoms with E-state index in [4.69, 9.17) is 9.47 Å². The lowest BCUT2D eigenvalue weighted by Gasteiger charge is -2.22. The molecule has 244 valence electrons. The number of H-pyrrole nitrogens is 1. The minimum Gasteiger partial charge on any atom is -0.444 e. The summed E-state index contributed by atoms with van der Waals surface area (Å²) in [6.45, 7) is 18.8. The summed E-state index contributed by atoms with van der Waals surface area (Å²) in [4.78, 5) is 34.3. The highest BCUT2D eigenvalue weighted by atomic mass is 79.9. The van der Waals surface area contributed by atoms with Gasteiger partial charge in [0.05, 0.1) is 12.1 Å². The summed E-state index contributed by atoms with van der Waals surface area (Å²) in [6.07, 6.45) is 6.43. The van der Waals surface area contributed by atoms with E-state index in [0.29, 0.717) is 0 Å². The first-order valence-electron chi connectivity index (χ1n) is 14.7.